The van der Waals surface area contributed by atoms with Crippen LogP contribution in [0.1, 0.15) is 75.8 Å². The van der Waals surface area contributed by atoms with Gasteiger partial charge in [-0.3, -0.25) is 4.79 Å². The minimum absolute atomic E-state index is 0.0285. The molecule has 6 nitrogen and oxygen atoms in total. The minimum atomic E-state index is -0.621. The van der Waals surface area contributed by atoms with Crippen molar-refractivity contribution in [1.82, 2.24) is 4.90 Å². The molecule has 0 spiro atoms. The van der Waals surface area contributed by atoms with E-state index in [4.69, 9.17) is 9.15 Å². The minimum Gasteiger partial charge on any atom is -0.484 e. The summed E-state index contributed by atoms with van der Waals surface area (Å²) >= 11 is 0. The van der Waals surface area contributed by atoms with Crippen LogP contribution in [0.3, 0.4) is 0 Å². The summed E-state index contributed by atoms with van der Waals surface area (Å²) in [6, 6.07) is 5.61. The van der Waals surface area contributed by atoms with Gasteiger partial charge in [-0.05, 0) is 62.6 Å². The number of rotatable bonds is 6. The van der Waals surface area contributed by atoms with Crippen molar-refractivity contribution in [3.63, 3.8) is 0 Å². The Morgan fingerprint density at radius 1 is 1.21 bits per heavy atom. The van der Waals surface area contributed by atoms with Crippen LogP contribution >= 0.6 is 0 Å². The third-order valence-corrected chi connectivity index (χ3v) is 8.20. The highest BCUT2D eigenvalue weighted by atomic mass is 16.5. The number of likely N-dealkylation sites (tertiary alicyclic amines) is 1. The average Bonchev–Trinajstić information content (AvgIpc) is 3.31. The van der Waals surface area contributed by atoms with Gasteiger partial charge in [-0.2, -0.15) is 0 Å². The van der Waals surface area contributed by atoms with E-state index in [-0.39, 0.29) is 30.1 Å². The molecule has 1 amide bonds. The number of ether oxygens (including phenoxy) is 1. The number of hydrogen-bond acceptors (Lipinski definition) is 5. The molecule has 2 fully saturated rings. The van der Waals surface area contributed by atoms with E-state index in [0.29, 0.717) is 24.3 Å². The Balaban J connectivity index is 1.31. The molecule has 6 heteroatoms. The van der Waals surface area contributed by atoms with Crippen molar-refractivity contribution in [3.8, 4) is 5.75 Å². The number of carbonyl (C=O) groups excluding carboxylic acids is 1. The number of aliphatic hydroxyl groups is 1. The molecule has 1 aromatic carbocycles. The number of hydrogen-bond donors (Lipinski definition) is 1. The summed E-state index contributed by atoms with van der Waals surface area (Å²) < 4.78 is 11.4. The van der Waals surface area contributed by atoms with Crippen LogP contribution in [-0.4, -0.2) is 40.7 Å². The number of carbonyl (C=O) groups is 1. The number of amides is 1. The Bertz CT molecular complexity index is 1090. The fourth-order valence-electron chi connectivity index (χ4n) is 6.47. The van der Waals surface area contributed by atoms with Gasteiger partial charge in [-0.1, -0.05) is 32.6 Å². The lowest BCUT2D eigenvalue weighted by molar-refractivity contribution is -0.157. The first-order valence-electron chi connectivity index (χ1n) is 12.7. The van der Waals surface area contributed by atoms with Gasteiger partial charge in [0, 0.05) is 35.5 Å². The van der Waals surface area contributed by atoms with Crippen LogP contribution < -0.4 is 10.4 Å². The first kappa shape index (κ1) is 22.5. The highest BCUT2D eigenvalue weighted by molar-refractivity contribution is 5.83. The third kappa shape index (κ3) is 4.18. The monoisotopic (exact) mass is 453 g/mol. The predicted octanol–water partition coefficient (Wildman–Crippen LogP) is 4.37. The second-order valence-corrected chi connectivity index (χ2v) is 10.1. The molecular weight excluding hydrogens is 418 g/mol. The van der Waals surface area contributed by atoms with Gasteiger partial charge in [0.25, 0.3) is 5.91 Å². The molecule has 2 aliphatic carbocycles. The molecule has 2 heterocycles. The Morgan fingerprint density at radius 2 is 2.06 bits per heavy atom. The van der Waals surface area contributed by atoms with Gasteiger partial charge < -0.3 is 19.2 Å². The number of benzene rings is 1. The van der Waals surface area contributed by atoms with Crippen molar-refractivity contribution >= 4 is 16.9 Å². The van der Waals surface area contributed by atoms with Crippen LogP contribution in [0.25, 0.3) is 11.0 Å². The van der Waals surface area contributed by atoms with Gasteiger partial charge in [-0.25, -0.2) is 4.79 Å². The smallest absolute Gasteiger partial charge is 0.339 e. The van der Waals surface area contributed by atoms with Crippen LogP contribution in [0.4, 0.5) is 0 Å². The molecule has 1 aromatic heterocycles. The maximum Gasteiger partial charge on any atom is 0.339 e. The van der Waals surface area contributed by atoms with E-state index in [1.165, 1.54) is 0 Å². The van der Waals surface area contributed by atoms with Crippen LogP contribution in [0.15, 0.2) is 27.4 Å². The molecule has 0 radical (unpaired) electrons. The quantitative estimate of drug-likeness (QED) is 0.657. The van der Waals surface area contributed by atoms with Crippen LogP contribution in [0, 0.1) is 5.92 Å². The lowest BCUT2D eigenvalue weighted by Gasteiger charge is -2.52. The van der Waals surface area contributed by atoms with Crippen LogP contribution in [-0.2, 0) is 17.6 Å². The second kappa shape index (κ2) is 9.13. The zero-order valence-electron chi connectivity index (χ0n) is 19.6. The van der Waals surface area contributed by atoms with Gasteiger partial charge in [0.2, 0.25) is 0 Å². The van der Waals surface area contributed by atoms with E-state index in [0.717, 1.165) is 80.7 Å². The Morgan fingerprint density at radius 3 is 2.91 bits per heavy atom. The maximum absolute atomic E-state index is 13.2. The van der Waals surface area contributed by atoms with E-state index in [2.05, 4.69) is 6.92 Å². The van der Waals surface area contributed by atoms with Crippen LogP contribution in [0.2, 0.25) is 0 Å². The number of nitrogens with zero attached hydrogens (tertiary/aromatic N) is 1. The van der Waals surface area contributed by atoms with E-state index < -0.39 is 5.60 Å². The maximum atomic E-state index is 13.2. The van der Waals surface area contributed by atoms with Crippen molar-refractivity contribution < 1.29 is 19.1 Å². The summed E-state index contributed by atoms with van der Waals surface area (Å²) in [5.74, 6) is 0.667. The number of unbranched alkanes of at least 4 members (excludes halogenated alkanes) is 1. The topological polar surface area (TPSA) is 80.0 Å². The molecule has 5 rings (SSSR count). The van der Waals surface area contributed by atoms with Gasteiger partial charge in [0.05, 0.1) is 5.60 Å². The lowest BCUT2D eigenvalue weighted by Crippen LogP contribution is -2.61. The highest BCUT2D eigenvalue weighted by Crippen LogP contribution is 2.44. The summed E-state index contributed by atoms with van der Waals surface area (Å²) in [6.45, 7) is 2.70. The predicted molar refractivity (Wildman–Crippen MR) is 127 cm³/mol. The van der Waals surface area contributed by atoms with Crippen LogP contribution in [0.5, 0.6) is 5.75 Å². The summed E-state index contributed by atoms with van der Waals surface area (Å²) in [5, 5.41) is 12.2. The Labute approximate surface area is 194 Å². The van der Waals surface area contributed by atoms with Crippen molar-refractivity contribution in [2.75, 3.05) is 13.2 Å². The van der Waals surface area contributed by atoms with Crippen molar-refractivity contribution in [1.29, 1.82) is 0 Å². The normalized spacial score (nSPS) is 26.8. The summed E-state index contributed by atoms with van der Waals surface area (Å²) in [4.78, 5) is 27.5. The van der Waals surface area contributed by atoms with Crippen molar-refractivity contribution in [2.45, 2.75) is 89.2 Å². The molecule has 1 N–H and O–H groups in total. The van der Waals surface area contributed by atoms with E-state index in [9.17, 15) is 14.7 Å². The number of fused-ring (bicyclic) bond motifs is 4. The molecule has 178 valence electrons. The summed E-state index contributed by atoms with van der Waals surface area (Å²) in [7, 11) is 0. The molecule has 2 aromatic rings. The van der Waals surface area contributed by atoms with E-state index in [1.54, 1.807) is 6.07 Å². The molecule has 3 aliphatic rings. The first-order chi connectivity index (χ1) is 16.0. The van der Waals surface area contributed by atoms with Crippen molar-refractivity contribution in [2.24, 2.45) is 5.92 Å². The standard InChI is InChI=1S/C27H35NO5/c1-2-3-10-23-22-9-4-5-13-27(22,31)14-15-28(23)25(29)17-32-18-11-12-20-19-7-6-8-21(19)26(30)33-24(20)16-18/h11-12,16,22-23,31H,2-10,13-15,17H2,1H3/t22-,23+,27+/m0/s1. The second-order valence-electron chi connectivity index (χ2n) is 10.1. The fraction of sp³-hybridized carbons (Fsp3) is 0.630. The zero-order chi connectivity index (χ0) is 23.0. The molecule has 3 atom stereocenters. The molecule has 33 heavy (non-hydrogen) atoms. The fourth-order valence-corrected chi connectivity index (χ4v) is 6.47. The molecule has 1 saturated carbocycles. The number of aryl methyl sites for hydroxylation is 1. The third-order valence-electron chi connectivity index (χ3n) is 8.20. The lowest BCUT2D eigenvalue weighted by atomic mass is 9.66. The van der Waals surface area contributed by atoms with E-state index in [1.807, 2.05) is 17.0 Å². The summed E-state index contributed by atoms with van der Waals surface area (Å²) in [6.07, 6.45) is 10.4. The average molecular weight is 454 g/mol. The number of piperidine rings is 1. The van der Waals surface area contributed by atoms with Gasteiger partial charge in [-0.15, -0.1) is 0 Å². The van der Waals surface area contributed by atoms with E-state index >= 15 is 0 Å². The zero-order valence-corrected chi connectivity index (χ0v) is 19.6. The molecule has 0 unspecified atom stereocenters. The van der Waals surface area contributed by atoms with Gasteiger partial charge in [0.1, 0.15) is 11.3 Å². The van der Waals surface area contributed by atoms with Gasteiger partial charge >= 0.3 is 5.63 Å². The molecule has 0 bridgehead atoms. The molecule has 1 aliphatic heterocycles. The molecular formula is C27H35NO5. The largest absolute Gasteiger partial charge is 0.484 e. The first-order valence-corrected chi connectivity index (χ1v) is 12.7. The molecule has 1 saturated heterocycles. The highest BCUT2D eigenvalue weighted by Gasteiger charge is 2.49. The van der Waals surface area contributed by atoms with Gasteiger partial charge in [0.15, 0.2) is 6.61 Å². The Hall–Kier alpha value is -2.34. The Kier molecular flexibility index (Phi) is 6.21. The van der Waals surface area contributed by atoms with Crippen molar-refractivity contribution in [3.05, 3.63) is 39.7 Å². The SMILES string of the molecule is CCCC[C@@H]1[C@@H]2CCCC[C@@]2(O)CCN1C(=O)COc1ccc2c3c(c(=O)oc2c1)CCC3. The summed E-state index contributed by atoms with van der Waals surface area (Å²) in [5.41, 5.74) is 1.55.